The molecule has 3 unspecified atom stereocenters. The molecule has 0 bridgehead atoms. The maximum absolute atomic E-state index is 14.3. The lowest BCUT2D eigenvalue weighted by Gasteiger charge is -2.24. The monoisotopic (exact) mass is 505 g/mol. The van der Waals surface area contributed by atoms with Crippen molar-refractivity contribution in [2.24, 2.45) is 0 Å². The Morgan fingerprint density at radius 3 is 2.51 bits per heavy atom. The van der Waals surface area contributed by atoms with Gasteiger partial charge in [0.2, 0.25) is 5.43 Å². The van der Waals surface area contributed by atoms with Crippen LogP contribution in [0.15, 0.2) is 51.7 Å². The van der Waals surface area contributed by atoms with E-state index in [1.165, 1.54) is 0 Å². The molecule has 3 aromatic rings. The van der Waals surface area contributed by atoms with E-state index in [0.29, 0.717) is 40.1 Å². The maximum Gasteiger partial charge on any atom is 0.200 e. The van der Waals surface area contributed by atoms with Crippen molar-refractivity contribution in [3.05, 3.63) is 75.2 Å². The van der Waals surface area contributed by atoms with Gasteiger partial charge in [0.25, 0.3) is 0 Å². The molecule has 0 saturated heterocycles. The van der Waals surface area contributed by atoms with E-state index >= 15 is 0 Å². The second-order valence-corrected chi connectivity index (χ2v) is 10.8. The number of nitrogens with one attached hydrogen (secondary N) is 1. The summed E-state index contributed by atoms with van der Waals surface area (Å²) in [6.07, 6.45) is 6.22. The van der Waals surface area contributed by atoms with Crippen molar-refractivity contribution < 1.29 is 29.3 Å². The van der Waals surface area contributed by atoms with E-state index in [0.717, 1.165) is 36.8 Å². The highest BCUT2D eigenvalue weighted by Crippen LogP contribution is 2.46. The summed E-state index contributed by atoms with van der Waals surface area (Å²) in [5.74, 6) is 0.739. The summed E-state index contributed by atoms with van der Waals surface area (Å²) < 4.78 is 18.9. The Balaban J connectivity index is 1.56. The molecule has 194 valence electrons. The van der Waals surface area contributed by atoms with Gasteiger partial charge in [0.1, 0.15) is 40.4 Å². The lowest BCUT2D eigenvalue weighted by Crippen LogP contribution is -2.39. The topological polar surface area (TPSA) is 121 Å². The van der Waals surface area contributed by atoms with Gasteiger partial charge >= 0.3 is 0 Å². The Labute approximate surface area is 214 Å². The van der Waals surface area contributed by atoms with Crippen LogP contribution >= 0.6 is 0 Å². The fraction of sp³-hybridized carbons (Fsp3) is 0.414. The summed E-state index contributed by atoms with van der Waals surface area (Å²) in [6.45, 7) is 3.40. The SMILES string of the molecule is CC(C)(O)C1Cc2c(cc3oc4c(c(=O)c3c2OC2CCCC2)C(c2ccc(NO)cc2)C=CC4O)O1. The van der Waals surface area contributed by atoms with E-state index in [4.69, 9.17) is 13.9 Å². The molecule has 1 aromatic heterocycles. The highest BCUT2D eigenvalue weighted by molar-refractivity contribution is 5.89. The van der Waals surface area contributed by atoms with Crippen molar-refractivity contribution in [1.82, 2.24) is 0 Å². The minimum atomic E-state index is -1.09. The molecule has 2 aromatic carbocycles. The van der Waals surface area contributed by atoms with Gasteiger partial charge in [-0.15, -0.1) is 0 Å². The molecule has 0 amide bonds. The van der Waals surface area contributed by atoms with E-state index in [-0.39, 0.29) is 17.3 Å². The normalized spacial score (nSPS) is 23.1. The minimum Gasteiger partial charge on any atom is -0.489 e. The molecular weight excluding hydrogens is 474 g/mol. The molecule has 2 aliphatic carbocycles. The summed E-state index contributed by atoms with van der Waals surface area (Å²) in [5.41, 5.74) is 3.53. The molecule has 37 heavy (non-hydrogen) atoms. The third-order valence-electron chi connectivity index (χ3n) is 7.76. The highest BCUT2D eigenvalue weighted by Gasteiger charge is 2.39. The number of fused-ring (bicyclic) bond motifs is 3. The Morgan fingerprint density at radius 2 is 1.84 bits per heavy atom. The van der Waals surface area contributed by atoms with Crippen LogP contribution < -0.4 is 20.4 Å². The number of aliphatic hydroxyl groups excluding tert-OH is 1. The molecule has 0 spiro atoms. The standard InChI is InChI=1S/C29H31NO7/c1-29(2,33)23-13-19-21(36-23)14-22-25(27(19)35-17-5-3-4-6-17)26(32)24-18(11-12-20(31)28(24)37-22)15-7-9-16(30-34)10-8-15/h7-12,14,17-18,20,23,30-31,33-34H,3-6,13H2,1-2H3. The van der Waals surface area contributed by atoms with Crippen LogP contribution in [0.2, 0.25) is 0 Å². The van der Waals surface area contributed by atoms with Crippen molar-refractivity contribution in [2.45, 2.75) is 75.8 Å². The molecule has 3 atom stereocenters. The molecule has 1 fully saturated rings. The van der Waals surface area contributed by atoms with Gasteiger partial charge in [0.15, 0.2) is 0 Å². The third kappa shape index (κ3) is 4.09. The number of aliphatic hydroxyl groups is 2. The first-order chi connectivity index (χ1) is 17.7. The Hall–Kier alpha value is -3.33. The Bertz CT molecular complexity index is 1430. The number of rotatable bonds is 5. The summed E-state index contributed by atoms with van der Waals surface area (Å²) in [7, 11) is 0. The largest absolute Gasteiger partial charge is 0.489 e. The number of hydrogen-bond acceptors (Lipinski definition) is 8. The maximum atomic E-state index is 14.3. The van der Waals surface area contributed by atoms with E-state index in [2.05, 4.69) is 5.48 Å². The van der Waals surface area contributed by atoms with Gasteiger partial charge in [-0.05, 0) is 57.2 Å². The van der Waals surface area contributed by atoms with E-state index in [9.17, 15) is 20.2 Å². The number of benzene rings is 2. The zero-order chi connectivity index (χ0) is 25.9. The second kappa shape index (κ2) is 8.90. The molecular formula is C29H31NO7. The molecule has 3 aliphatic rings. The second-order valence-electron chi connectivity index (χ2n) is 10.8. The van der Waals surface area contributed by atoms with Crippen LogP contribution in [0, 0.1) is 0 Å². The summed E-state index contributed by atoms with van der Waals surface area (Å²) >= 11 is 0. The first-order valence-electron chi connectivity index (χ1n) is 12.8. The third-order valence-corrected chi connectivity index (χ3v) is 7.76. The smallest absolute Gasteiger partial charge is 0.200 e. The van der Waals surface area contributed by atoms with Crippen molar-refractivity contribution in [3.8, 4) is 11.5 Å². The van der Waals surface area contributed by atoms with Crippen LogP contribution in [0.3, 0.4) is 0 Å². The van der Waals surface area contributed by atoms with Crippen LogP contribution in [0.4, 0.5) is 5.69 Å². The number of allylic oxidation sites excluding steroid dienone is 1. The molecule has 8 heteroatoms. The van der Waals surface area contributed by atoms with E-state index < -0.39 is 23.7 Å². The highest BCUT2D eigenvalue weighted by atomic mass is 16.5. The Kier molecular flexibility index (Phi) is 5.78. The van der Waals surface area contributed by atoms with Gasteiger partial charge in [0, 0.05) is 24.0 Å². The molecule has 0 radical (unpaired) electrons. The van der Waals surface area contributed by atoms with Crippen LogP contribution in [-0.4, -0.2) is 33.2 Å². The van der Waals surface area contributed by atoms with Gasteiger partial charge < -0.3 is 24.1 Å². The van der Waals surface area contributed by atoms with Gasteiger partial charge in [-0.2, -0.15) is 0 Å². The van der Waals surface area contributed by atoms with Gasteiger partial charge in [-0.1, -0.05) is 24.3 Å². The Morgan fingerprint density at radius 1 is 1.11 bits per heavy atom. The first kappa shape index (κ1) is 24.0. The fourth-order valence-electron chi connectivity index (χ4n) is 5.70. The zero-order valence-corrected chi connectivity index (χ0v) is 20.9. The van der Waals surface area contributed by atoms with Crippen molar-refractivity contribution in [3.63, 3.8) is 0 Å². The fourth-order valence-corrected chi connectivity index (χ4v) is 5.70. The molecule has 1 aliphatic heterocycles. The lowest BCUT2D eigenvalue weighted by molar-refractivity contribution is -0.0229. The lowest BCUT2D eigenvalue weighted by atomic mass is 9.84. The van der Waals surface area contributed by atoms with Crippen molar-refractivity contribution >= 4 is 16.7 Å². The molecule has 2 heterocycles. The molecule has 6 rings (SSSR count). The zero-order valence-electron chi connectivity index (χ0n) is 20.9. The van der Waals surface area contributed by atoms with Crippen LogP contribution in [0.5, 0.6) is 11.5 Å². The van der Waals surface area contributed by atoms with Crippen molar-refractivity contribution in [1.29, 1.82) is 0 Å². The van der Waals surface area contributed by atoms with Crippen LogP contribution in [-0.2, 0) is 6.42 Å². The first-order valence-corrected chi connectivity index (χ1v) is 12.8. The average molecular weight is 506 g/mol. The van der Waals surface area contributed by atoms with E-state index in [1.807, 2.05) is 12.1 Å². The van der Waals surface area contributed by atoms with Gasteiger partial charge in [-0.3, -0.25) is 15.5 Å². The average Bonchev–Trinajstić information content (AvgIpc) is 3.55. The molecule has 1 saturated carbocycles. The predicted octanol–water partition coefficient (Wildman–Crippen LogP) is 4.73. The predicted molar refractivity (Wildman–Crippen MR) is 138 cm³/mol. The van der Waals surface area contributed by atoms with Gasteiger partial charge in [0.05, 0.1) is 23.0 Å². The van der Waals surface area contributed by atoms with E-state index in [1.54, 1.807) is 44.2 Å². The molecule has 8 nitrogen and oxygen atoms in total. The summed E-state index contributed by atoms with van der Waals surface area (Å²) in [5, 5.41) is 30.9. The van der Waals surface area contributed by atoms with Crippen molar-refractivity contribution in [2.75, 3.05) is 5.48 Å². The van der Waals surface area contributed by atoms with Crippen LogP contribution in [0.1, 0.15) is 74.0 Å². The quantitative estimate of drug-likeness (QED) is 0.290. The van der Waals surface area contributed by atoms with Crippen LogP contribution in [0.25, 0.3) is 11.0 Å². The minimum absolute atomic E-state index is 0.00821. The number of ether oxygens (including phenoxy) is 2. The number of anilines is 1. The van der Waals surface area contributed by atoms with Gasteiger partial charge in [-0.25, -0.2) is 0 Å². The summed E-state index contributed by atoms with van der Waals surface area (Å²) in [4.78, 5) is 14.3. The summed E-state index contributed by atoms with van der Waals surface area (Å²) in [6, 6.07) is 8.75. The number of hydrogen-bond donors (Lipinski definition) is 4. The molecule has 4 N–H and O–H groups in total.